The van der Waals surface area contributed by atoms with Crippen molar-refractivity contribution in [2.24, 2.45) is 0 Å². The maximum Gasteiger partial charge on any atom is 0.276 e. The zero-order chi connectivity index (χ0) is 96.1. The van der Waals surface area contributed by atoms with Crippen LogP contribution in [0.15, 0.2) is 216 Å². The van der Waals surface area contributed by atoms with E-state index in [4.69, 9.17) is 33.7 Å². The first-order valence-corrected chi connectivity index (χ1v) is 45.2. The van der Waals surface area contributed by atoms with Gasteiger partial charge in [-0.25, -0.2) is 78.2 Å². The van der Waals surface area contributed by atoms with Crippen LogP contribution in [0.5, 0.6) is 28.7 Å². The highest BCUT2D eigenvalue weighted by molar-refractivity contribution is 5.78. The Morgan fingerprint density at radius 3 is 1.07 bits per heavy atom. The average Bonchev–Trinajstić information content (AvgIpc) is 1.70. The van der Waals surface area contributed by atoms with Gasteiger partial charge in [0.1, 0.15) is 113 Å². The number of nitrogens with zero attached hydrogens (tertiary/aromatic N) is 15. The van der Waals surface area contributed by atoms with E-state index >= 15 is 0 Å². The van der Waals surface area contributed by atoms with Crippen molar-refractivity contribution in [3.8, 4) is 28.7 Å². The average molecular weight is 1880 g/mol. The monoisotopic (exact) mass is 1870 g/mol. The van der Waals surface area contributed by atoms with E-state index in [0.717, 1.165) is 88.1 Å². The lowest BCUT2D eigenvalue weighted by molar-refractivity contribution is 0.0138. The predicted molar refractivity (Wildman–Crippen MR) is 513 cm³/mol. The number of aliphatic hydroxyl groups excluding tert-OH is 1. The summed E-state index contributed by atoms with van der Waals surface area (Å²) in [6.45, 7) is 35.1. The van der Waals surface area contributed by atoms with Crippen LogP contribution in [0.1, 0.15) is 166 Å². The Kier molecular flexibility index (Phi) is 29.5. The molecule has 0 saturated heterocycles. The Bertz CT molecular complexity index is 6900. The van der Waals surface area contributed by atoms with Gasteiger partial charge in [-0.3, -0.25) is 0 Å². The quantitative estimate of drug-likeness (QED) is 0.0630. The van der Waals surface area contributed by atoms with Gasteiger partial charge in [-0.2, -0.15) is 25.5 Å². The summed E-state index contributed by atoms with van der Waals surface area (Å²) in [7, 11) is 0. The Labute approximate surface area is 784 Å². The second kappa shape index (κ2) is 42.7. The first kappa shape index (κ1) is 94.6. The van der Waals surface area contributed by atoms with Crippen LogP contribution in [0.4, 0.5) is 59.8 Å². The molecule has 31 nitrogen and oxygen atoms in total. The summed E-state index contributed by atoms with van der Waals surface area (Å²) in [5, 5.41) is 63.8. The van der Waals surface area contributed by atoms with E-state index in [1.165, 1.54) is 66.7 Å². The lowest BCUT2D eigenvalue weighted by Crippen LogP contribution is -2.36. The second-order valence-electron chi connectivity index (χ2n) is 32.9. The number of ether oxygens (including phenoxy) is 5. The number of aliphatic hydroxyl groups is 1. The van der Waals surface area contributed by atoms with E-state index < -0.39 is 24.4 Å². The van der Waals surface area contributed by atoms with Gasteiger partial charge >= 0.3 is 0 Å². The molecule has 0 amide bonds. The summed E-state index contributed by atoms with van der Waals surface area (Å²) in [6, 6.07) is 30.1. The molecule has 11 N–H and O–H groups in total. The van der Waals surface area contributed by atoms with Gasteiger partial charge < -0.3 is 82.0 Å². The highest BCUT2D eigenvalue weighted by atomic mass is 19.3. The fourth-order valence-electron chi connectivity index (χ4n) is 16.2. The zero-order valence-electron chi connectivity index (χ0n) is 76.3. The number of rotatable bonds is 8. The van der Waals surface area contributed by atoms with Crippen LogP contribution in [-0.4, -0.2) is 155 Å². The van der Waals surface area contributed by atoms with Crippen molar-refractivity contribution in [2.75, 3.05) is 79.2 Å². The minimum atomic E-state index is -2.75. The SMILES string of the molecule is C=C1NCCOc2ccc(F)cc2[C@@H](CC)Nc2ccn3ncc1c3n2.C=C1NCCOc2ccc(F)cc2[C@@H](CCO)Nc2ccn3ncc1c3n2.C=C1NC[C@H](C(F)F)Oc2ccc(F)cc2[C@@H](C)Nc2ccn3ncc1c3n2.C=C1NC[C@H](CC)Oc2ccc(F)cc2[C@@H](CC)Nc2ccn3ncc1c3n2.C=C1N[C@@H](CC)COc2ccc(F)cc2[C@@H](CC)Nc2ccn3ncc1c3n2. The highest BCUT2D eigenvalue weighted by Gasteiger charge is 2.30. The summed E-state index contributed by atoms with van der Waals surface area (Å²) in [5.74, 6) is 4.25. The van der Waals surface area contributed by atoms with Crippen molar-refractivity contribution in [1.82, 2.24) is 99.6 Å². The molecule has 15 aromatic rings. The normalized spacial score (nSPS) is 18.7. The summed E-state index contributed by atoms with van der Waals surface area (Å²) in [6.07, 6.45) is 17.6. The second-order valence-corrected chi connectivity index (χ2v) is 32.9. The van der Waals surface area contributed by atoms with Crippen LogP contribution in [-0.2, 0) is 0 Å². The summed E-state index contributed by atoms with van der Waals surface area (Å²) < 4.78 is 135. The molecule has 5 aromatic carbocycles. The van der Waals surface area contributed by atoms with Gasteiger partial charge in [0.25, 0.3) is 6.43 Å². The van der Waals surface area contributed by atoms with Crippen molar-refractivity contribution in [2.45, 2.75) is 135 Å². The molecule has 10 aromatic heterocycles. The Morgan fingerprint density at radius 2 is 0.701 bits per heavy atom. The van der Waals surface area contributed by atoms with E-state index in [1.807, 2.05) is 57.6 Å². The maximum absolute atomic E-state index is 14.0. The molecule has 20 rings (SSSR count). The van der Waals surface area contributed by atoms with E-state index in [0.29, 0.717) is 154 Å². The first-order valence-electron chi connectivity index (χ1n) is 45.2. The number of nitrogens with one attached hydrogen (secondary N) is 10. The van der Waals surface area contributed by atoms with E-state index in [1.54, 1.807) is 109 Å². The third-order valence-corrected chi connectivity index (χ3v) is 23.7. The third kappa shape index (κ3) is 21.9. The van der Waals surface area contributed by atoms with Crippen molar-refractivity contribution < 1.29 is 59.5 Å². The molecular formula is C99H106F7N25O6. The molecule has 38 heteroatoms. The summed E-state index contributed by atoms with van der Waals surface area (Å²) in [4.78, 5) is 23.3. The van der Waals surface area contributed by atoms with Gasteiger partial charge in [0.2, 0.25) is 0 Å². The van der Waals surface area contributed by atoms with Gasteiger partial charge in [-0.1, -0.05) is 67.5 Å². The minimum Gasteiger partial charge on any atom is -0.491 e. The molecule has 10 bridgehead atoms. The molecule has 137 heavy (non-hydrogen) atoms. The lowest BCUT2D eigenvalue weighted by atomic mass is 10.0. The van der Waals surface area contributed by atoms with Crippen LogP contribution in [0.2, 0.25) is 0 Å². The van der Waals surface area contributed by atoms with Crippen molar-refractivity contribution in [1.29, 1.82) is 0 Å². The number of hydrogen-bond donors (Lipinski definition) is 11. The summed E-state index contributed by atoms with van der Waals surface area (Å²) >= 11 is 0. The fourth-order valence-corrected chi connectivity index (χ4v) is 16.2. The number of benzene rings is 5. The molecule has 0 saturated carbocycles. The largest absolute Gasteiger partial charge is 0.491 e. The lowest BCUT2D eigenvalue weighted by Gasteiger charge is -2.24. The van der Waals surface area contributed by atoms with Gasteiger partial charge in [0.15, 0.2) is 34.3 Å². The maximum atomic E-state index is 14.0. The molecule has 0 unspecified atom stereocenters. The van der Waals surface area contributed by atoms with Crippen LogP contribution in [0, 0.1) is 29.1 Å². The third-order valence-electron chi connectivity index (χ3n) is 23.7. The number of fused-ring (bicyclic) bond motifs is 10. The summed E-state index contributed by atoms with van der Waals surface area (Å²) in [5.41, 5.74) is 13.9. The Balaban J connectivity index is 0.000000124. The molecule has 5 aliphatic rings. The predicted octanol–water partition coefficient (Wildman–Crippen LogP) is 17.7. The molecule has 0 fully saturated rings. The Morgan fingerprint density at radius 1 is 0.372 bits per heavy atom. The standard InChI is InChI=1S/2C21H24FN5O.C19H18F3N5O.C19H20FN5O2.C19H20FN5O/c1-4-15-12-28-19-7-6-14(22)10-16(19)18(5-2)25-20-8-9-27-21(26-20)17(11-23-27)13(3)24-15;1-4-15-11-23-13(3)17-12-24-27-9-8-20(26-21(17)27)25-18(5-2)16-10-14(22)6-7-19(16)28-15;1-10-14-8-24-27-6-5-17(26-19(14)27)25-11(2)13-7-12(20)3-4-15(13)28-16(9-23-10)18(21)22;1-12-15-11-22-25-7-4-18(24-19(15)25)23-16(5-8-26)14-10-13(20)2-3-17(14)27-9-6-21-12;1-3-16-14-10-13(20)4-5-17(14)26-9-7-21-12(2)15-11-22-25-8-6-18(23-16)24-19(15)25/h6-11,15,18,24H,3-5,12H2,1-2H3,(H,25,26);6-10,12,15,18,23H,3-5,11H2,1-2H3,(H,25,26);3-8,11,16,18,23H,1,9H2,2H3,(H,25,26);2-4,7,10-11,16,21,26H,1,5-6,8-9H2,(H,23,24);4-6,8,10-11,16,21H,2-3,7,9H2,1H3,(H,23,24)/t2*15-,18+;11-,16-;2*16-/m00111/s1. The highest BCUT2D eigenvalue weighted by Crippen LogP contribution is 2.39. The first-order chi connectivity index (χ1) is 66.4. The molecule has 0 aliphatic carbocycles. The van der Waals surface area contributed by atoms with Gasteiger partial charge in [0.05, 0.1) is 108 Å². The molecule has 15 heterocycles. The fraction of sp³-hybridized carbons (Fsp3) is 0.293. The number of halogens is 7. The minimum absolute atomic E-state index is 0.0531. The topological polar surface area (TPSA) is 338 Å². The van der Waals surface area contributed by atoms with Crippen LogP contribution in [0.25, 0.3) is 56.7 Å². The molecule has 5 aliphatic heterocycles. The van der Waals surface area contributed by atoms with Gasteiger partial charge in [0, 0.05) is 107 Å². The van der Waals surface area contributed by atoms with E-state index in [9.17, 15) is 35.8 Å². The van der Waals surface area contributed by atoms with Crippen LogP contribution in [0.3, 0.4) is 0 Å². The number of aromatic nitrogens is 15. The smallest absolute Gasteiger partial charge is 0.276 e. The molecular weight excluding hydrogens is 1770 g/mol. The molecule has 0 radical (unpaired) electrons. The Hall–Kier alpha value is -15.6. The number of alkyl halides is 2. The van der Waals surface area contributed by atoms with Crippen molar-refractivity contribution in [3.05, 3.63) is 301 Å². The molecule has 8 atom stereocenters. The van der Waals surface area contributed by atoms with Crippen LogP contribution >= 0.6 is 0 Å². The van der Waals surface area contributed by atoms with E-state index in [2.05, 4.69) is 140 Å². The van der Waals surface area contributed by atoms with Gasteiger partial charge in [-0.15, -0.1) is 0 Å². The molecule has 712 valence electrons. The van der Waals surface area contributed by atoms with Crippen molar-refractivity contribution in [3.63, 3.8) is 0 Å². The van der Waals surface area contributed by atoms with Crippen molar-refractivity contribution >= 4 is 85.8 Å². The van der Waals surface area contributed by atoms with Crippen LogP contribution < -0.4 is 76.9 Å². The number of hydrogen-bond acceptors (Lipinski definition) is 26. The van der Waals surface area contributed by atoms with E-state index in [-0.39, 0.29) is 78.5 Å². The number of anilines is 5. The molecule has 0 spiro atoms. The zero-order valence-corrected chi connectivity index (χ0v) is 76.3. The van der Waals surface area contributed by atoms with Gasteiger partial charge in [-0.05, 0) is 167 Å².